The second-order valence-electron chi connectivity index (χ2n) is 8.63. The number of amides is 1. The molecular formula is C23H27N3O2S. The molecule has 29 heavy (non-hydrogen) atoms. The molecule has 1 amide bonds. The van der Waals surface area contributed by atoms with E-state index in [1.165, 1.54) is 5.56 Å². The van der Waals surface area contributed by atoms with Crippen molar-refractivity contribution in [3.05, 3.63) is 48.0 Å². The molecular weight excluding hydrogens is 382 g/mol. The molecule has 0 fully saturated rings. The number of hydrogen-bond acceptors (Lipinski definition) is 4. The fourth-order valence-corrected chi connectivity index (χ4v) is 3.18. The number of aromatic nitrogens is 1. The topological polar surface area (TPSA) is 67.2 Å². The fraction of sp³-hybridized carbons (Fsp3) is 0.348. The summed E-state index contributed by atoms with van der Waals surface area (Å²) in [5.74, 6) is 0.756. The quantitative estimate of drug-likeness (QED) is 0.545. The number of hydrogen-bond donors (Lipinski definition) is 2. The first-order valence-electron chi connectivity index (χ1n) is 9.74. The first kappa shape index (κ1) is 21.0. The van der Waals surface area contributed by atoms with Gasteiger partial charge in [0.05, 0.1) is 0 Å². The monoisotopic (exact) mass is 409 g/mol. The molecule has 0 saturated carbocycles. The lowest BCUT2D eigenvalue weighted by molar-refractivity contribution is -0.120. The minimum Gasteiger partial charge on any atom is -0.436 e. The van der Waals surface area contributed by atoms with Crippen LogP contribution in [0.4, 0.5) is 5.69 Å². The third-order valence-electron chi connectivity index (χ3n) is 4.49. The fourth-order valence-electron chi connectivity index (χ4n) is 2.95. The Kier molecular flexibility index (Phi) is 6.03. The van der Waals surface area contributed by atoms with Gasteiger partial charge in [-0.1, -0.05) is 46.8 Å². The van der Waals surface area contributed by atoms with Crippen LogP contribution in [-0.2, 0) is 10.2 Å². The Morgan fingerprint density at radius 3 is 2.45 bits per heavy atom. The maximum atomic E-state index is 11.8. The number of oxazole rings is 1. The molecule has 5 nitrogen and oxygen atoms in total. The van der Waals surface area contributed by atoms with Gasteiger partial charge in [-0.15, -0.1) is 0 Å². The van der Waals surface area contributed by atoms with Gasteiger partial charge in [-0.25, -0.2) is 4.98 Å². The van der Waals surface area contributed by atoms with Crippen LogP contribution in [0.3, 0.4) is 0 Å². The summed E-state index contributed by atoms with van der Waals surface area (Å²) in [6.45, 7) is 10.5. The maximum absolute atomic E-state index is 11.8. The minimum absolute atomic E-state index is 0.0963. The van der Waals surface area contributed by atoms with Crippen molar-refractivity contribution >= 4 is 40.0 Å². The average Bonchev–Trinajstić information content (AvgIpc) is 3.03. The molecule has 1 aromatic heterocycles. The molecule has 0 spiro atoms. The van der Waals surface area contributed by atoms with E-state index in [4.69, 9.17) is 16.6 Å². The lowest BCUT2D eigenvalue weighted by atomic mass is 9.87. The Bertz CT molecular complexity index is 1030. The molecule has 2 aromatic carbocycles. The number of rotatable bonds is 4. The molecule has 6 heteroatoms. The van der Waals surface area contributed by atoms with Crippen LogP contribution < -0.4 is 10.6 Å². The lowest BCUT2D eigenvalue weighted by Gasteiger charge is -2.18. The van der Waals surface area contributed by atoms with Crippen LogP contribution in [0.1, 0.15) is 46.6 Å². The zero-order valence-electron chi connectivity index (χ0n) is 17.5. The molecule has 0 bridgehead atoms. The molecule has 0 aliphatic rings. The normalized spacial score (nSPS) is 11.7. The second-order valence-corrected chi connectivity index (χ2v) is 9.04. The van der Waals surface area contributed by atoms with Gasteiger partial charge < -0.3 is 15.1 Å². The molecule has 3 aromatic rings. The highest BCUT2D eigenvalue weighted by Gasteiger charge is 2.15. The van der Waals surface area contributed by atoms with Gasteiger partial charge in [0, 0.05) is 17.7 Å². The number of anilines is 1. The Morgan fingerprint density at radius 2 is 1.83 bits per heavy atom. The smallest absolute Gasteiger partial charge is 0.227 e. The molecule has 0 atom stereocenters. The summed E-state index contributed by atoms with van der Waals surface area (Å²) in [6.07, 6.45) is 0.432. The number of carbonyl (C=O) groups is 1. The predicted molar refractivity (Wildman–Crippen MR) is 122 cm³/mol. The number of nitrogens with one attached hydrogen (secondary N) is 2. The van der Waals surface area contributed by atoms with Crippen molar-refractivity contribution in [3.63, 3.8) is 0 Å². The maximum Gasteiger partial charge on any atom is 0.227 e. The SMILES string of the molecule is CC(C)CC(=O)NC(=S)Nc1ccc2oc(-c3ccc(C(C)(C)C)cc3)nc2c1. The van der Waals surface area contributed by atoms with E-state index in [2.05, 4.69) is 48.5 Å². The molecule has 0 unspecified atom stereocenters. The molecule has 0 radical (unpaired) electrons. The van der Waals surface area contributed by atoms with Crippen LogP contribution in [-0.4, -0.2) is 16.0 Å². The van der Waals surface area contributed by atoms with Gasteiger partial charge in [0.2, 0.25) is 11.8 Å². The summed E-state index contributed by atoms with van der Waals surface area (Å²) >= 11 is 5.22. The lowest BCUT2D eigenvalue weighted by Crippen LogP contribution is -2.34. The highest BCUT2D eigenvalue weighted by molar-refractivity contribution is 7.80. The molecule has 152 valence electrons. The van der Waals surface area contributed by atoms with Gasteiger partial charge in [0.15, 0.2) is 10.7 Å². The summed E-state index contributed by atoms with van der Waals surface area (Å²) in [4.78, 5) is 16.5. The minimum atomic E-state index is -0.0963. The van der Waals surface area contributed by atoms with Crippen molar-refractivity contribution in [3.8, 4) is 11.5 Å². The van der Waals surface area contributed by atoms with Crippen LogP contribution >= 0.6 is 12.2 Å². The Labute approximate surface area is 176 Å². The van der Waals surface area contributed by atoms with E-state index < -0.39 is 0 Å². The average molecular weight is 410 g/mol. The third kappa shape index (κ3) is 5.41. The van der Waals surface area contributed by atoms with Crippen molar-refractivity contribution in [2.75, 3.05) is 5.32 Å². The molecule has 2 N–H and O–H groups in total. The van der Waals surface area contributed by atoms with Crippen molar-refractivity contribution in [1.82, 2.24) is 10.3 Å². The van der Waals surface area contributed by atoms with Crippen LogP contribution in [0, 0.1) is 5.92 Å². The van der Waals surface area contributed by atoms with E-state index in [0.717, 1.165) is 16.8 Å². The largest absolute Gasteiger partial charge is 0.436 e. The number of benzene rings is 2. The summed E-state index contributed by atoms with van der Waals surface area (Å²) in [7, 11) is 0. The van der Waals surface area contributed by atoms with Crippen LogP contribution in [0.5, 0.6) is 0 Å². The van der Waals surface area contributed by atoms with E-state index in [9.17, 15) is 4.79 Å². The summed E-state index contributed by atoms with van der Waals surface area (Å²) in [5, 5.41) is 6.00. The number of fused-ring (bicyclic) bond motifs is 1. The van der Waals surface area contributed by atoms with Gasteiger partial charge in [0.1, 0.15) is 5.52 Å². The third-order valence-corrected chi connectivity index (χ3v) is 4.69. The molecule has 3 rings (SSSR count). The van der Waals surface area contributed by atoms with E-state index in [0.29, 0.717) is 17.9 Å². The Hall–Kier alpha value is -2.73. The van der Waals surface area contributed by atoms with E-state index >= 15 is 0 Å². The molecule has 0 saturated heterocycles. The molecule has 1 heterocycles. The first-order valence-corrected chi connectivity index (χ1v) is 10.1. The van der Waals surface area contributed by atoms with Gasteiger partial charge in [-0.2, -0.15) is 0 Å². The van der Waals surface area contributed by atoms with E-state index in [1.54, 1.807) is 0 Å². The van der Waals surface area contributed by atoms with Gasteiger partial charge in [0.25, 0.3) is 0 Å². The zero-order chi connectivity index (χ0) is 21.2. The molecule has 0 aliphatic carbocycles. The van der Waals surface area contributed by atoms with E-state index in [-0.39, 0.29) is 22.4 Å². The van der Waals surface area contributed by atoms with Crippen molar-refractivity contribution < 1.29 is 9.21 Å². The van der Waals surface area contributed by atoms with Crippen molar-refractivity contribution in [2.45, 2.75) is 46.5 Å². The van der Waals surface area contributed by atoms with Crippen LogP contribution in [0.2, 0.25) is 0 Å². The highest BCUT2D eigenvalue weighted by Crippen LogP contribution is 2.29. The number of nitrogens with zero attached hydrogens (tertiary/aromatic N) is 1. The number of carbonyl (C=O) groups excluding carboxylic acids is 1. The Balaban J connectivity index is 1.74. The summed E-state index contributed by atoms with van der Waals surface area (Å²) in [5.41, 5.74) is 4.46. The zero-order valence-corrected chi connectivity index (χ0v) is 18.3. The van der Waals surface area contributed by atoms with Crippen LogP contribution in [0.15, 0.2) is 46.9 Å². The van der Waals surface area contributed by atoms with E-state index in [1.807, 2.05) is 44.2 Å². The highest BCUT2D eigenvalue weighted by atomic mass is 32.1. The van der Waals surface area contributed by atoms with Gasteiger partial charge in [-0.3, -0.25) is 4.79 Å². The second kappa shape index (κ2) is 8.33. The Morgan fingerprint density at radius 1 is 1.14 bits per heavy atom. The molecule has 0 aliphatic heterocycles. The van der Waals surface area contributed by atoms with Gasteiger partial charge in [-0.05, 0) is 59.4 Å². The van der Waals surface area contributed by atoms with Crippen molar-refractivity contribution in [1.29, 1.82) is 0 Å². The predicted octanol–water partition coefficient (Wildman–Crippen LogP) is 5.65. The van der Waals surface area contributed by atoms with Crippen molar-refractivity contribution in [2.24, 2.45) is 5.92 Å². The number of thiocarbonyl (C=S) groups is 1. The standard InChI is InChI=1S/C23H27N3O2S/c1-14(2)12-20(27)26-22(29)24-17-10-11-19-18(13-17)25-21(28-19)15-6-8-16(9-7-15)23(3,4)5/h6-11,13-14H,12H2,1-5H3,(H2,24,26,27,29). The first-order chi connectivity index (χ1) is 13.6. The van der Waals surface area contributed by atoms with Crippen LogP contribution in [0.25, 0.3) is 22.6 Å². The van der Waals surface area contributed by atoms with Gasteiger partial charge >= 0.3 is 0 Å². The summed E-state index contributed by atoms with van der Waals surface area (Å²) < 4.78 is 5.91. The summed E-state index contributed by atoms with van der Waals surface area (Å²) in [6, 6.07) is 13.8.